The van der Waals surface area contributed by atoms with E-state index < -0.39 is 0 Å². The maximum atomic E-state index is 2.70. The van der Waals surface area contributed by atoms with Gasteiger partial charge in [-0.25, -0.2) is 0 Å². The molecule has 0 spiro atoms. The Balaban J connectivity index is 1.49. The van der Waals surface area contributed by atoms with E-state index in [0.29, 0.717) is 0 Å². The standard InChI is InChI=1S/C46H39N/c1-44(2,3)40-38-29-16-8-10-18-31(29)45(4,5)41(38)43(42-39(40)30-17-9-11-19-32(30)46(42,6)7)47-33-20-12-14-26-22-24-28-25-23-27-15-13-21-34(47)36(27)37(28)35(26)33/h8-25H,1-7H3. The topological polar surface area (TPSA) is 3.24 Å². The molecule has 0 saturated carbocycles. The third kappa shape index (κ3) is 3.16. The Labute approximate surface area is 277 Å². The number of fused-ring (bicyclic) bond motifs is 6. The Hall–Kier alpha value is -4.88. The predicted molar refractivity (Wildman–Crippen MR) is 201 cm³/mol. The Morgan fingerprint density at radius 3 is 1.34 bits per heavy atom. The minimum Gasteiger partial charge on any atom is -0.309 e. The van der Waals surface area contributed by atoms with Gasteiger partial charge in [0, 0.05) is 27.0 Å². The molecule has 47 heavy (non-hydrogen) atoms. The van der Waals surface area contributed by atoms with E-state index in [1.54, 1.807) is 0 Å². The molecule has 0 atom stereocenters. The lowest BCUT2D eigenvalue weighted by Crippen LogP contribution is -2.28. The second-order valence-corrected chi connectivity index (χ2v) is 16.1. The molecule has 2 aliphatic carbocycles. The average Bonchev–Trinajstić information content (AvgIpc) is 3.44. The summed E-state index contributed by atoms with van der Waals surface area (Å²) in [5.41, 5.74) is 16.4. The van der Waals surface area contributed by atoms with Crippen LogP contribution < -0.4 is 4.90 Å². The van der Waals surface area contributed by atoms with Crippen LogP contribution in [0.3, 0.4) is 0 Å². The van der Waals surface area contributed by atoms with Gasteiger partial charge in [0.1, 0.15) is 0 Å². The molecule has 1 heterocycles. The molecule has 7 aromatic carbocycles. The van der Waals surface area contributed by atoms with Gasteiger partial charge in [-0.2, -0.15) is 0 Å². The molecule has 1 heteroatoms. The van der Waals surface area contributed by atoms with Gasteiger partial charge in [-0.3, -0.25) is 0 Å². The normalized spacial score (nSPS) is 16.3. The van der Waals surface area contributed by atoms with Gasteiger partial charge in [0.25, 0.3) is 0 Å². The summed E-state index contributed by atoms with van der Waals surface area (Å²) in [6.07, 6.45) is 0. The molecule has 10 rings (SSSR count). The lowest BCUT2D eigenvalue weighted by molar-refractivity contribution is 0.587. The number of anilines is 3. The predicted octanol–water partition coefficient (Wildman–Crippen LogP) is 12.8. The van der Waals surface area contributed by atoms with Crippen molar-refractivity contribution >= 4 is 49.4 Å². The number of nitrogens with zero attached hydrogens (tertiary/aromatic N) is 1. The molecule has 7 aromatic rings. The van der Waals surface area contributed by atoms with Gasteiger partial charge in [-0.05, 0) is 83.8 Å². The van der Waals surface area contributed by atoms with E-state index in [1.807, 2.05) is 0 Å². The van der Waals surface area contributed by atoms with Crippen molar-refractivity contribution in [3.63, 3.8) is 0 Å². The molecular weight excluding hydrogens is 567 g/mol. The molecule has 0 N–H and O–H groups in total. The van der Waals surface area contributed by atoms with Crippen LogP contribution in [-0.2, 0) is 16.2 Å². The van der Waals surface area contributed by atoms with Crippen LogP contribution in [-0.4, -0.2) is 0 Å². The van der Waals surface area contributed by atoms with Crippen molar-refractivity contribution < 1.29 is 0 Å². The highest BCUT2D eigenvalue weighted by Gasteiger charge is 2.50. The monoisotopic (exact) mass is 605 g/mol. The Kier molecular flexibility index (Phi) is 4.94. The number of benzene rings is 7. The zero-order chi connectivity index (χ0) is 32.2. The van der Waals surface area contributed by atoms with E-state index in [4.69, 9.17) is 0 Å². The average molecular weight is 606 g/mol. The SMILES string of the molecule is CC(C)(C)c1c2c(c(N3c4cccc5ccc6ccc7cccc3c7c6c45)c3c1-c1ccccc1C3(C)C)C(C)(C)c1ccccc1-2. The number of hydrogen-bond acceptors (Lipinski definition) is 1. The second-order valence-electron chi connectivity index (χ2n) is 16.1. The maximum absolute atomic E-state index is 2.70. The second kappa shape index (κ2) is 8.52. The van der Waals surface area contributed by atoms with Crippen LogP contribution in [0.2, 0.25) is 0 Å². The number of rotatable bonds is 1. The van der Waals surface area contributed by atoms with Crippen LogP contribution in [0.1, 0.15) is 76.3 Å². The lowest BCUT2D eigenvalue weighted by Gasteiger charge is -2.41. The zero-order valence-electron chi connectivity index (χ0n) is 28.3. The van der Waals surface area contributed by atoms with Gasteiger partial charge in [0.05, 0.1) is 17.1 Å². The van der Waals surface area contributed by atoms with Crippen molar-refractivity contribution in [2.45, 2.75) is 64.7 Å². The third-order valence-corrected chi connectivity index (χ3v) is 11.7. The van der Waals surface area contributed by atoms with E-state index >= 15 is 0 Å². The Bertz CT molecular complexity index is 2390. The first-order chi connectivity index (χ1) is 22.5. The molecule has 1 aliphatic heterocycles. The lowest BCUT2D eigenvalue weighted by atomic mass is 9.70. The van der Waals surface area contributed by atoms with Gasteiger partial charge in [0.15, 0.2) is 0 Å². The molecule has 0 amide bonds. The summed E-state index contributed by atoms with van der Waals surface area (Å²) >= 11 is 0. The molecule has 3 aliphatic rings. The highest BCUT2D eigenvalue weighted by Crippen LogP contribution is 2.66. The minimum absolute atomic E-state index is 0.0755. The van der Waals surface area contributed by atoms with Crippen LogP contribution in [0.15, 0.2) is 109 Å². The van der Waals surface area contributed by atoms with Crippen LogP contribution in [0.5, 0.6) is 0 Å². The van der Waals surface area contributed by atoms with Crippen molar-refractivity contribution in [3.8, 4) is 22.3 Å². The molecular formula is C46H39N. The molecule has 0 aromatic heterocycles. The van der Waals surface area contributed by atoms with E-state index in [2.05, 4.69) is 163 Å². The fourth-order valence-corrected chi connectivity index (χ4v) is 9.90. The summed E-state index contributed by atoms with van der Waals surface area (Å²) in [7, 11) is 0. The van der Waals surface area contributed by atoms with Gasteiger partial charge in [0.2, 0.25) is 0 Å². The van der Waals surface area contributed by atoms with Crippen LogP contribution in [0, 0.1) is 0 Å². The molecule has 0 saturated heterocycles. The first-order valence-corrected chi connectivity index (χ1v) is 17.1. The molecule has 0 bridgehead atoms. The van der Waals surface area contributed by atoms with Crippen LogP contribution in [0.25, 0.3) is 54.6 Å². The van der Waals surface area contributed by atoms with Gasteiger partial charge < -0.3 is 4.90 Å². The highest BCUT2D eigenvalue weighted by molar-refractivity contribution is 6.31. The first-order valence-electron chi connectivity index (χ1n) is 17.1. The fourth-order valence-electron chi connectivity index (χ4n) is 9.90. The van der Waals surface area contributed by atoms with Crippen molar-refractivity contribution in [1.82, 2.24) is 0 Å². The van der Waals surface area contributed by atoms with Crippen molar-refractivity contribution in [3.05, 3.63) is 137 Å². The largest absolute Gasteiger partial charge is 0.309 e. The molecule has 0 unspecified atom stereocenters. The summed E-state index contributed by atoms with van der Waals surface area (Å²) in [6, 6.07) is 41.5. The van der Waals surface area contributed by atoms with Crippen LogP contribution in [0.4, 0.5) is 17.1 Å². The van der Waals surface area contributed by atoms with Crippen LogP contribution >= 0.6 is 0 Å². The minimum atomic E-state index is -0.202. The molecule has 1 nitrogen and oxygen atoms in total. The fraction of sp³-hybridized carbons (Fsp3) is 0.217. The summed E-state index contributed by atoms with van der Waals surface area (Å²) in [5, 5.41) is 8.01. The summed E-state index contributed by atoms with van der Waals surface area (Å²) in [5.74, 6) is 0. The quantitative estimate of drug-likeness (QED) is 0.168. The maximum Gasteiger partial charge on any atom is 0.0556 e. The summed E-state index contributed by atoms with van der Waals surface area (Å²) < 4.78 is 0. The van der Waals surface area contributed by atoms with Gasteiger partial charge in [-0.1, -0.05) is 146 Å². The van der Waals surface area contributed by atoms with Gasteiger partial charge in [-0.15, -0.1) is 0 Å². The smallest absolute Gasteiger partial charge is 0.0556 e. The molecule has 0 fully saturated rings. The Morgan fingerprint density at radius 1 is 0.468 bits per heavy atom. The van der Waals surface area contributed by atoms with Crippen molar-refractivity contribution in [2.24, 2.45) is 0 Å². The van der Waals surface area contributed by atoms with Crippen molar-refractivity contribution in [1.29, 1.82) is 0 Å². The molecule has 0 radical (unpaired) electrons. The van der Waals surface area contributed by atoms with E-state index in [0.717, 1.165) is 0 Å². The highest BCUT2D eigenvalue weighted by atomic mass is 15.2. The summed E-state index contributed by atoms with van der Waals surface area (Å²) in [4.78, 5) is 2.70. The van der Waals surface area contributed by atoms with Gasteiger partial charge >= 0.3 is 0 Å². The van der Waals surface area contributed by atoms with E-state index in [1.165, 1.54) is 99.5 Å². The Morgan fingerprint density at radius 2 is 0.894 bits per heavy atom. The zero-order valence-corrected chi connectivity index (χ0v) is 28.3. The summed E-state index contributed by atoms with van der Waals surface area (Å²) in [6.45, 7) is 17.1. The first kappa shape index (κ1) is 27.3. The van der Waals surface area contributed by atoms with Crippen molar-refractivity contribution in [2.75, 3.05) is 4.90 Å². The number of hydrogen-bond donors (Lipinski definition) is 0. The van der Waals surface area contributed by atoms with E-state index in [9.17, 15) is 0 Å². The third-order valence-electron chi connectivity index (χ3n) is 11.7. The van der Waals surface area contributed by atoms with E-state index in [-0.39, 0.29) is 16.2 Å². The molecule has 228 valence electrons.